The quantitative estimate of drug-likeness (QED) is 0.695. The Labute approximate surface area is 176 Å². The van der Waals surface area contributed by atoms with Crippen LogP contribution in [0.25, 0.3) is 0 Å². The first-order valence-electron chi connectivity index (χ1n) is 10.6. The van der Waals surface area contributed by atoms with E-state index in [0.717, 1.165) is 18.4 Å². The van der Waals surface area contributed by atoms with Crippen LogP contribution in [0.3, 0.4) is 0 Å². The lowest BCUT2D eigenvalue weighted by Gasteiger charge is -2.34. The molecule has 2 aliphatic heterocycles. The lowest BCUT2D eigenvalue weighted by Crippen LogP contribution is -2.41. The Morgan fingerprint density at radius 3 is 2.50 bits per heavy atom. The summed E-state index contributed by atoms with van der Waals surface area (Å²) in [6, 6.07) is 9.21. The van der Waals surface area contributed by atoms with E-state index in [2.05, 4.69) is 4.98 Å². The van der Waals surface area contributed by atoms with Gasteiger partial charge in [0.1, 0.15) is 6.61 Å². The molecule has 7 nitrogen and oxygen atoms in total. The molecule has 160 valence electrons. The Kier molecular flexibility index (Phi) is 6.81. The van der Waals surface area contributed by atoms with Gasteiger partial charge in [-0.1, -0.05) is 0 Å². The highest BCUT2D eigenvalue weighted by Crippen LogP contribution is 2.31. The molecule has 0 spiro atoms. The smallest absolute Gasteiger partial charge is 0.253 e. The number of hydrogen-bond donors (Lipinski definition) is 0. The molecule has 0 bridgehead atoms. The zero-order valence-corrected chi connectivity index (χ0v) is 17.3. The second-order valence-electron chi connectivity index (χ2n) is 7.48. The van der Waals surface area contributed by atoms with Crippen LogP contribution in [0.1, 0.15) is 35.7 Å². The SMILES string of the molecule is CCOc1cc(C(=O)N2CCC(C3OCCO3)CC2)ccc1OCc1ccncc1. The zero-order valence-electron chi connectivity index (χ0n) is 17.3. The van der Waals surface area contributed by atoms with E-state index in [1.807, 2.05) is 36.1 Å². The van der Waals surface area contributed by atoms with Gasteiger partial charge in [0, 0.05) is 37.0 Å². The first-order chi connectivity index (χ1) is 14.7. The number of piperidine rings is 1. The second-order valence-corrected chi connectivity index (χ2v) is 7.48. The molecule has 2 saturated heterocycles. The second kappa shape index (κ2) is 9.91. The van der Waals surface area contributed by atoms with Crippen LogP contribution in [0.5, 0.6) is 11.5 Å². The first-order valence-corrected chi connectivity index (χ1v) is 10.6. The monoisotopic (exact) mass is 412 g/mol. The molecule has 2 aromatic rings. The molecular formula is C23H28N2O5. The average molecular weight is 412 g/mol. The molecule has 1 amide bonds. The molecule has 30 heavy (non-hydrogen) atoms. The van der Waals surface area contributed by atoms with Gasteiger partial charge in [-0.2, -0.15) is 0 Å². The van der Waals surface area contributed by atoms with Gasteiger partial charge >= 0.3 is 0 Å². The molecule has 3 heterocycles. The van der Waals surface area contributed by atoms with E-state index in [1.54, 1.807) is 18.5 Å². The Bertz CT molecular complexity index is 831. The molecule has 4 rings (SSSR count). The molecule has 7 heteroatoms. The van der Waals surface area contributed by atoms with Gasteiger partial charge in [-0.05, 0) is 55.7 Å². The minimum absolute atomic E-state index is 0.0170. The van der Waals surface area contributed by atoms with E-state index in [9.17, 15) is 4.79 Å². The number of carbonyl (C=O) groups excluding carboxylic acids is 1. The van der Waals surface area contributed by atoms with Crippen LogP contribution >= 0.6 is 0 Å². The number of nitrogens with zero attached hydrogens (tertiary/aromatic N) is 2. The number of pyridine rings is 1. The van der Waals surface area contributed by atoms with Gasteiger partial charge in [-0.25, -0.2) is 0 Å². The number of hydrogen-bond acceptors (Lipinski definition) is 6. The molecule has 0 saturated carbocycles. The summed E-state index contributed by atoms with van der Waals surface area (Å²) in [5.74, 6) is 1.59. The number of benzene rings is 1. The minimum atomic E-state index is -0.108. The van der Waals surface area contributed by atoms with Gasteiger partial charge in [0.05, 0.1) is 19.8 Å². The van der Waals surface area contributed by atoms with Gasteiger partial charge in [0.25, 0.3) is 5.91 Å². The van der Waals surface area contributed by atoms with Crippen molar-refractivity contribution in [3.63, 3.8) is 0 Å². The Morgan fingerprint density at radius 1 is 1.07 bits per heavy atom. The number of carbonyl (C=O) groups is 1. The van der Waals surface area contributed by atoms with Gasteiger partial charge in [-0.15, -0.1) is 0 Å². The predicted molar refractivity (Wildman–Crippen MR) is 110 cm³/mol. The number of aromatic nitrogens is 1. The summed E-state index contributed by atoms with van der Waals surface area (Å²) in [6.45, 7) is 5.57. The van der Waals surface area contributed by atoms with Crippen molar-refractivity contribution in [3.8, 4) is 11.5 Å². The van der Waals surface area contributed by atoms with E-state index >= 15 is 0 Å². The normalized spacial score (nSPS) is 17.8. The lowest BCUT2D eigenvalue weighted by molar-refractivity contribution is -0.0956. The van der Waals surface area contributed by atoms with Crippen LogP contribution in [0.4, 0.5) is 0 Å². The molecule has 2 fully saturated rings. The van der Waals surface area contributed by atoms with Crippen molar-refractivity contribution in [1.29, 1.82) is 0 Å². The van der Waals surface area contributed by atoms with Crippen LogP contribution in [0.2, 0.25) is 0 Å². The molecule has 1 aromatic carbocycles. The van der Waals surface area contributed by atoms with Crippen LogP contribution < -0.4 is 9.47 Å². The fourth-order valence-electron chi connectivity index (χ4n) is 3.87. The number of rotatable bonds is 7. The maximum Gasteiger partial charge on any atom is 0.253 e. The van der Waals surface area contributed by atoms with Gasteiger partial charge in [0.2, 0.25) is 0 Å². The maximum absolute atomic E-state index is 13.0. The third kappa shape index (κ3) is 4.91. The average Bonchev–Trinajstić information content (AvgIpc) is 3.34. The Balaban J connectivity index is 1.39. The number of amides is 1. The first kappa shape index (κ1) is 20.6. The van der Waals surface area contributed by atoms with E-state index in [0.29, 0.717) is 62.5 Å². The van der Waals surface area contributed by atoms with Gasteiger partial charge in [-0.3, -0.25) is 9.78 Å². The maximum atomic E-state index is 13.0. The van der Waals surface area contributed by atoms with Crippen molar-refractivity contribution in [2.45, 2.75) is 32.7 Å². The van der Waals surface area contributed by atoms with Crippen LogP contribution in [-0.2, 0) is 16.1 Å². The van der Waals surface area contributed by atoms with Crippen molar-refractivity contribution >= 4 is 5.91 Å². The predicted octanol–water partition coefficient (Wildman–Crippen LogP) is 3.28. The Morgan fingerprint density at radius 2 is 1.80 bits per heavy atom. The molecular weight excluding hydrogens is 384 g/mol. The van der Waals surface area contributed by atoms with Crippen molar-refractivity contribution < 1.29 is 23.7 Å². The van der Waals surface area contributed by atoms with Crippen molar-refractivity contribution in [1.82, 2.24) is 9.88 Å². The summed E-state index contributed by atoms with van der Waals surface area (Å²) >= 11 is 0. The summed E-state index contributed by atoms with van der Waals surface area (Å²) in [5.41, 5.74) is 1.63. The summed E-state index contributed by atoms with van der Waals surface area (Å²) in [4.78, 5) is 18.9. The fourth-order valence-corrected chi connectivity index (χ4v) is 3.87. The fraction of sp³-hybridized carbons (Fsp3) is 0.478. The Hall–Kier alpha value is -2.64. The van der Waals surface area contributed by atoms with Gasteiger partial charge < -0.3 is 23.8 Å². The third-order valence-corrected chi connectivity index (χ3v) is 5.49. The van der Waals surface area contributed by atoms with Gasteiger partial charge in [0.15, 0.2) is 17.8 Å². The molecule has 2 aliphatic rings. The lowest BCUT2D eigenvalue weighted by atomic mass is 9.95. The summed E-state index contributed by atoms with van der Waals surface area (Å²) < 4.78 is 22.9. The standard InChI is InChI=1S/C23H28N2O5/c1-2-27-21-15-19(3-4-20(21)30-16-17-5-9-24-10-6-17)22(26)25-11-7-18(8-12-25)23-28-13-14-29-23/h3-6,9-10,15,18,23H,2,7-8,11-14,16H2,1H3. The van der Waals surface area contributed by atoms with E-state index in [4.69, 9.17) is 18.9 Å². The number of likely N-dealkylation sites (tertiary alicyclic amines) is 1. The molecule has 0 aliphatic carbocycles. The van der Waals surface area contributed by atoms with Crippen LogP contribution in [0, 0.1) is 5.92 Å². The largest absolute Gasteiger partial charge is 0.490 e. The number of ether oxygens (including phenoxy) is 4. The molecule has 0 radical (unpaired) electrons. The molecule has 0 atom stereocenters. The minimum Gasteiger partial charge on any atom is -0.490 e. The van der Waals surface area contributed by atoms with Crippen molar-refractivity contribution in [3.05, 3.63) is 53.9 Å². The summed E-state index contributed by atoms with van der Waals surface area (Å²) in [6.07, 6.45) is 5.14. The molecule has 0 N–H and O–H groups in total. The highest BCUT2D eigenvalue weighted by Gasteiger charge is 2.32. The van der Waals surface area contributed by atoms with Crippen LogP contribution in [-0.4, -0.2) is 55.0 Å². The topological polar surface area (TPSA) is 70.1 Å². The van der Waals surface area contributed by atoms with Crippen molar-refractivity contribution in [2.75, 3.05) is 32.9 Å². The van der Waals surface area contributed by atoms with E-state index < -0.39 is 0 Å². The zero-order chi connectivity index (χ0) is 20.8. The highest BCUT2D eigenvalue weighted by molar-refractivity contribution is 5.95. The van der Waals surface area contributed by atoms with Crippen molar-refractivity contribution in [2.24, 2.45) is 5.92 Å². The van der Waals surface area contributed by atoms with Crippen LogP contribution in [0.15, 0.2) is 42.7 Å². The third-order valence-electron chi connectivity index (χ3n) is 5.49. The van der Waals surface area contributed by atoms with E-state index in [1.165, 1.54) is 0 Å². The summed E-state index contributed by atoms with van der Waals surface area (Å²) in [5, 5.41) is 0. The van der Waals surface area contributed by atoms with E-state index in [-0.39, 0.29) is 12.2 Å². The highest BCUT2D eigenvalue weighted by atomic mass is 16.7. The molecule has 1 aromatic heterocycles. The summed E-state index contributed by atoms with van der Waals surface area (Å²) in [7, 11) is 0. The molecule has 0 unspecified atom stereocenters.